The van der Waals surface area contributed by atoms with Gasteiger partial charge in [0.25, 0.3) is 11.8 Å². The highest BCUT2D eigenvalue weighted by Crippen LogP contribution is 2.27. The molecule has 164 valence electrons. The molecular weight excluding hydrogens is 386 g/mol. The maximum Gasteiger partial charge on any atom is 0.408 e. The molecule has 0 bridgehead atoms. The summed E-state index contributed by atoms with van der Waals surface area (Å²) >= 11 is 0. The highest BCUT2D eigenvalue weighted by molar-refractivity contribution is 6.38. The molecule has 2 rings (SSSR count). The lowest BCUT2D eigenvalue weighted by Gasteiger charge is -2.25. The number of amides is 3. The second kappa shape index (κ2) is 10.2. The Morgan fingerprint density at radius 3 is 2.43 bits per heavy atom. The highest BCUT2D eigenvalue weighted by atomic mass is 16.6. The number of unbranched alkanes of at least 4 members (excludes halogenated alkanes) is 1. The number of hydrogen-bond donors (Lipinski definition) is 3. The smallest absolute Gasteiger partial charge is 0.408 e. The van der Waals surface area contributed by atoms with Crippen LogP contribution in [0.5, 0.6) is 0 Å². The van der Waals surface area contributed by atoms with Gasteiger partial charge in [0.1, 0.15) is 6.04 Å². The van der Waals surface area contributed by atoms with E-state index in [0.29, 0.717) is 19.4 Å². The van der Waals surface area contributed by atoms with Crippen molar-refractivity contribution in [3.63, 3.8) is 0 Å². The molecule has 1 saturated heterocycles. The quantitative estimate of drug-likeness (QED) is 0.533. The number of carbonyl (C=O) groups excluding carboxylic acids is 4. The first kappa shape index (κ1) is 23.4. The predicted octanol–water partition coefficient (Wildman–Crippen LogP) is 2.24. The zero-order valence-electron chi connectivity index (χ0n) is 18.0. The van der Waals surface area contributed by atoms with Crippen molar-refractivity contribution in [3.05, 3.63) is 35.9 Å². The molecule has 3 N–H and O–H groups in total. The fourth-order valence-corrected chi connectivity index (χ4v) is 3.28. The predicted molar refractivity (Wildman–Crippen MR) is 112 cm³/mol. The van der Waals surface area contributed by atoms with Gasteiger partial charge in [0, 0.05) is 12.0 Å². The molecule has 1 fully saturated rings. The number of Topliss-reactive ketones (excluding diaryl/α,β-unsaturated/α-hetero) is 1. The van der Waals surface area contributed by atoms with E-state index < -0.39 is 35.3 Å². The van der Waals surface area contributed by atoms with Crippen molar-refractivity contribution >= 4 is 23.7 Å². The molecule has 0 spiro atoms. The Morgan fingerprint density at radius 1 is 1.20 bits per heavy atom. The first-order valence-corrected chi connectivity index (χ1v) is 10.3. The van der Waals surface area contributed by atoms with Crippen LogP contribution in [-0.2, 0) is 19.1 Å². The molecule has 1 aliphatic heterocycles. The standard InChI is InChI=1S/C22H31N3O5/c1-5-6-12-16(25-21(29)30-18-20(28)23-13-22(18,3)4)17(26)19(27)24-14(2)15-10-8-7-9-11-15/h7-11,14,16,18H,5-6,12-13H2,1-4H3,(H,23,28)(H,24,27)(H,25,29)/t14-,16+,18+/m1/s1. The molecule has 0 unspecified atom stereocenters. The first-order valence-electron chi connectivity index (χ1n) is 10.3. The van der Waals surface area contributed by atoms with Crippen LogP contribution in [0.3, 0.4) is 0 Å². The van der Waals surface area contributed by atoms with Gasteiger partial charge in [0.15, 0.2) is 6.10 Å². The van der Waals surface area contributed by atoms with E-state index >= 15 is 0 Å². The van der Waals surface area contributed by atoms with Gasteiger partial charge in [-0.3, -0.25) is 14.4 Å². The fraction of sp³-hybridized carbons (Fsp3) is 0.545. The zero-order valence-corrected chi connectivity index (χ0v) is 18.0. The van der Waals surface area contributed by atoms with Gasteiger partial charge in [0.05, 0.1) is 6.04 Å². The second-order valence-electron chi connectivity index (χ2n) is 8.30. The number of nitrogens with one attached hydrogen (secondary N) is 3. The maximum absolute atomic E-state index is 12.7. The Labute approximate surface area is 177 Å². The van der Waals surface area contributed by atoms with E-state index in [1.807, 2.05) is 37.3 Å². The number of hydrogen-bond acceptors (Lipinski definition) is 5. The van der Waals surface area contributed by atoms with Gasteiger partial charge in [0.2, 0.25) is 5.78 Å². The summed E-state index contributed by atoms with van der Waals surface area (Å²) in [4.78, 5) is 49.5. The van der Waals surface area contributed by atoms with E-state index in [1.54, 1.807) is 20.8 Å². The van der Waals surface area contributed by atoms with Crippen LogP contribution in [0.2, 0.25) is 0 Å². The van der Waals surface area contributed by atoms with Crippen LogP contribution in [0.4, 0.5) is 4.79 Å². The number of ether oxygens (including phenoxy) is 1. The summed E-state index contributed by atoms with van der Waals surface area (Å²) in [6.07, 6.45) is -0.0960. The van der Waals surface area contributed by atoms with Crippen molar-refractivity contribution in [2.45, 2.75) is 65.1 Å². The summed E-state index contributed by atoms with van der Waals surface area (Å²) in [7, 11) is 0. The number of ketones is 1. The number of carbonyl (C=O) groups is 4. The molecule has 8 heteroatoms. The van der Waals surface area contributed by atoms with Gasteiger partial charge >= 0.3 is 6.09 Å². The number of alkyl carbamates (subject to hydrolysis) is 1. The Hall–Kier alpha value is -2.90. The Morgan fingerprint density at radius 2 is 1.87 bits per heavy atom. The minimum atomic E-state index is -1.02. The van der Waals surface area contributed by atoms with Crippen molar-refractivity contribution in [1.82, 2.24) is 16.0 Å². The Bertz CT molecular complexity index is 778. The summed E-state index contributed by atoms with van der Waals surface area (Å²) in [5, 5.41) is 7.81. The topological polar surface area (TPSA) is 114 Å². The normalized spacial score (nSPS) is 19.3. The van der Waals surface area contributed by atoms with Crippen LogP contribution in [-0.4, -0.2) is 42.4 Å². The maximum atomic E-state index is 12.7. The van der Waals surface area contributed by atoms with Gasteiger partial charge in [-0.1, -0.05) is 63.9 Å². The summed E-state index contributed by atoms with van der Waals surface area (Å²) in [6.45, 7) is 7.73. The molecule has 1 aromatic rings. The average Bonchev–Trinajstić information content (AvgIpc) is 2.97. The number of benzene rings is 1. The molecule has 1 aliphatic rings. The monoisotopic (exact) mass is 417 g/mol. The average molecular weight is 418 g/mol. The first-order chi connectivity index (χ1) is 14.2. The molecule has 3 atom stereocenters. The Balaban J connectivity index is 2.01. The zero-order chi connectivity index (χ0) is 22.3. The summed E-state index contributed by atoms with van der Waals surface area (Å²) in [6, 6.07) is 7.90. The van der Waals surface area contributed by atoms with E-state index in [9.17, 15) is 19.2 Å². The van der Waals surface area contributed by atoms with Gasteiger partial charge in [-0.25, -0.2) is 4.79 Å². The van der Waals surface area contributed by atoms with Crippen LogP contribution in [0.25, 0.3) is 0 Å². The third-order valence-corrected chi connectivity index (χ3v) is 5.22. The molecule has 30 heavy (non-hydrogen) atoms. The number of rotatable bonds is 9. The van der Waals surface area contributed by atoms with Crippen molar-refractivity contribution in [3.8, 4) is 0 Å². The molecule has 1 aromatic carbocycles. The van der Waals surface area contributed by atoms with Crippen LogP contribution in [0.1, 0.15) is 58.6 Å². The van der Waals surface area contributed by atoms with Crippen molar-refractivity contribution in [1.29, 1.82) is 0 Å². The molecule has 3 amide bonds. The molecule has 1 heterocycles. The Kier molecular flexibility index (Phi) is 7.97. The van der Waals surface area contributed by atoms with Gasteiger partial charge < -0.3 is 20.7 Å². The summed E-state index contributed by atoms with van der Waals surface area (Å²) in [5.74, 6) is -1.88. The molecule has 0 radical (unpaired) electrons. The van der Waals surface area contributed by atoms with Gasteiger partial charge in [-0.05, 0) is 18.9 Å². The van der Waals surface area contributed by atoms with Gasteiger partial charge in [-0.2, -0.15) is 0 Å². The SMILES string of the molecule is CCCC[C@H](NC(=O)O[C@H]1C(=O)NCC1(C)C)C(=O)C(=O)N[C@H](C)c1ccccc1. The van der Waals surface area contributed by atoms with Crippen LogP contribution in [0.15, 0.2) is 30.3 Å². The molecule has 8 nitrogen and oxygen atoms in total. The largest absolute Gasteiger partial charge is 0.435 e. The third kappa shape index (κ3) is 6.05. The van der Waals surface area contributed by atoms with E-state index in [1.165, 1.54) is 0 Å². The van der Waals surface area contributed by atoms with Crippen molar-refractivity contribution in [2.24, 2.45) is 5.41 Å². The van der Waals surface area contributed by atoms with Crippen molar-refractivity contribution in [2.75, 3.05) is 6.54 Å². The van der Waals surface area contributed by atoms with E-state index in [-0.39, 0.29) is 11.9 Å². The molecule has 0 saturated carbocycles. The molecule has 0 aliphatic carbocycles. The lowest BCUT2D eigenvalue weighted by atomic mass is 9.90. The van der Waals surface area contributed by atoms with Crippen LogP contribution < -0.4 is 16.0 Å². The summed E-state index contributed by atoms with van der Waals surface area (Å²) in [5.41, 5.74) is 0.311. The van der Waals surface area contributed by atoms with E-state index in [2.05, 4.69) is 16.0 Å². The fourth-order valence-electron chi connectivity index (χ4n) is 3.28. The third-order valence-electron chi connectivity index (χ3n) is 5.22. The lowest BCUT2D eigenvalue weighted by Crippen LogP contribution is -2.49. The van der Waals surface area contributed by atoms with E-state index in [4.69, 9.17) is 4.74 Å². The second-order valence-corrected chi connectivity index (χ2v) is 8.30. The molecular formula is C22H31N3O5. The van der Waals surface area contributed by atoms with E-state index in [0.717, 1.165) is 12.0 Å². The summed E-state index contributed by atoms with van der Waals surface area (Å²) < 4.78 is 5.28. The lowest BCUT2D eigenvalue weighted by molar-refractivity contribution is -0.139. The van der Waals surface area contributed by atoms with Gasteiger partial charge in [-0.15, -0.1) is 0 Å². The minimum Gasteiger partial charge on any atom is -0.435 e. The minimum absolute atomic E-state index is 0.303. The van der Waals surface area contributed by atoms with Crippen molar-refractivity contribution < 1.29 is 23.9 Å². The van der Waals surface area contributed by atoms with Crippen LogP contribution in [0, 0.1) is 5.41 Å². The highest BCUT2D eigenvalue weighted by Gasteiger charge is 2.44. The van der Waals surface area contributed by atoms with Crippen LogP contribution >= 0.6 is 0 Å². The molecule has 0 aromatic heterocycles.